The highest BCUT2D eigenvalue weighted by atomic mass is 16.6. The largest absolute Gasteiger partial charge is 0.486 e. The molecule has 0 aliphatic rings. The number of aryl methyl sites for hydroxylation is 1. The van der Waals surface area contributed by atoms with E-state index >= 15 is 0 Å². The Balaban J connectivity index is 1.20. The van der Waals surface area contributed by atoms with Crippen LogP contribution in [0.25, 0.3) is 22.3 Å². The van der Waals surface area contributed by atoms with Gasteiger partial charge in [-0.25, -0.2) is 0 Å². The zero-order valence-electron chi connectivity index (χ0n) is 26.8. The van der Waals surface area contributed by atoms with Crippen LogP contribution in [-0.4, -0.2) is 31.8 Å². The quantitative estimate of drug-likeness (QED) is 0.0904. The smallest absolute Gasteiger partial charge is 0.318 e. The molecule has 0 radical (unpaired) electrons. The summed E-state index contributed by atoms with van der Waals surface area (Å²) in [4.78, 5) is 27.0. The van der Waals surface area contributed by atoms with Crippen LogP contribution in [-0.2, 0) is 16.0 Å². The minimum absolute atomic E-state index is 0.0669. The number of hydrogen-bond acceptors (Lipinski definition) is 6. The zero-order chi connectivity index (χ0) is 33.0. The van der Waals surface area contributed by atoms with Crippen molar-refractivity contribution in [3.8, 4) is 17.1 Å². The van der Waals surface area contributed by atoms with Crippen LogP contribution in [0, 0.1) is 0 Å². The minimum Gasteiger partial charge on any atom is -0.486 e. The summed E-state index contributed by atoms with van der Waals surface area (Å²) in [6.45, 7) is 1.24. The number of carbonyl (C=O) groups excluding carboxylic acids is 1. The summed E-state index contributed by atoms with van der Waals surface area (Å²) in [5.41, 5.74) is 4.02. The number of para-hydroxylation sites is 1. The molecule has 0 fully saturated rings. The van der Waals surface area contributed by atoms with E-state index in [2.05, 4.69) is 29.6 Å². The Morgan fingerprint density at radius 3 is 2.00 bits per heavy atom. The molecule has 1 atom stereocenters. The second-order valence-corrected chi connectivity index (χ2v) is 11.7. The van der Waals surface area contributed by atoms with Gasteiger partial charge in [-0.3, -0.25) is 9.59 Å². The maximum atomic E-state index is 14.0. The maximum Gasteiger partial charge on any atom is 0.318 e. The SMILES string of the molecule is O=C(OC(CNCCCCc1ccccc1)COc1cccc2c(=O)cc(-c3ccccc3)oc12)C(c1ccccc1)c1ccccc1. The molecular weight excluding hydrogens is 598 g/mol. The lowest BCUT2D eigenvalue weighted by Gasteiger charge is -2.23. The lowest BCUT2D eigenvalue weighted by atomic mass is 9.91. The fourth-order valence-electron chi connectivity index (χ4n) is 5.80. The minimum atomic E-state index is -0.610. The predicted octanol–water partition coefficient (Wildman–Crippen LogP) is 8.20. The van der Waals surface area contributed by atoms with Gasteiger partial charge in [0.25, 0.3) is 0 Å². The molecule has 0 saturated heterocycles. The van der Waals surface area contributed by atoms with Gasteiger partial charge in [0, 0.05) is 18.2 Å². The Morgan fingerprint density at radius 1 is 0.708 bits per heavy atom. The second-order valence-electron chi connectivity index (χ2n) is 11.7. The third kappa shape index (κ3) is 8.46. The van der Waals surface area contributed by atoms with Gasteiger partial charge in [-0.1, -0.05) is 127 Å². The number of nitrogens with one attached hydrogen (secondary N) is 1. The van der Waals surface area contributed by atoms with Crippen LogP contribution in [0.5, 0.6) is 5.75 Å². The zero-order valence-corrected chi connectivity index (χ0v) is 26.8. The van der Waals surface area contributed by atoms with Crippen LogP contribution >= 0.6 is 0 Å². The molecule has 6 heteroatoms. The van der Waals surface area contributed by atoms with Gasteiger partial charge in [0.05, 0.1) is 5.39 Å². The van der Waals surface area contributed by atoms with Crippen molar-refractivity contribution in [3.05, 3.63) is 173 Å². The molecule has 6 rings (SSSR count). The summed E-state index contributed by atoms with van der Waals surface area (Å²) < 4.78 is 18.8. The van der Waals surface area contributed by atoms with Crippen LogP contribution in [0.15, 0.2) is 155 Å². The van der Waals surface area contributed by atoms with Crippen molar-refractivity contribution in [2.75, 3.05) is 19.7 Å². The molecule has 6 nitrogen and oxygen atoms in total. The monoisotopic (exact) mass is 637 g/mol. The first-order valence-electron chi connectivity index (χ1n) is 16.5. The summed E-state index contributed by atoms with van der Waals surface area (Å²) in [5, 5.41) is 3.90. The molecule has 1 aromatic heterocycles. The van der Waals surface area contributed by atoms with Crippen molar-refractivity contribution in [3.63, 3.8) is 0 Å². The van der Waals surface area contributed by atoms with Crippen LogP contribution in [0.3, 0.4) is 0 Å². The molecule has 1 N–H and O–H groups in total. The first kappa shape index (κ1) is 32.5. The molecule has 0 amide bonds. The molecule has 242 valence electrons. The fourth-order valence-corrected chi connectivity index (χ4v) is 5.80. The van der Waals surface area contributed by atoms with Crippen molar-refractivity contribution >= 4 is 16.9 Å². The Morgan fingerprint density at radius 2 is 1.33 bits per heavy atom. The average molecular weight is 638 g/mol. The molecule has 0 aliphatic carbocycles. The van der Waals surface area contributed by atoms with Crippen LogP contribution in [0.1, 0.15) is 35.4 Å². The van der Waals surface area contributed by atoms with E-state index in [1.807, 2.05) is 97.1 Å². The number of rotatable bonds is 15. The number of fused-ring (bicyclic) bond motifs is 1. The van der Waals surface area contributed by atoms with Crippen molar-refractivity contribution in [1.29, 1.82) is 0 Å². The first-order valence-corrected chi connectivity index (χ1v) is 16.5. The van der Waals surface area contributed by atoms with Gasteiger partial charge in [-0.05, 0) is 54.6 Å². The molecule has 0 saturated carbocycles. The first-order chi connectivity index (χ1) is 23.7. The van der Waals surface area contributed by atoms with Gasteiger partial charge >= 0.3 is 5.97 Å². The third-order valence-electron chi connectivity index (χ3n) is 8.27. The van der Waals surface area contributed by atoms with E-state index in [4.69, 9.17) is 13.9 Å². The number of unbranched alkanes of at least 4 members (excludes halogenated alkanes) is 1. The molecule has 1 heterocycles. The summed E-state index contributed by atoms with van der Waals surface area (Å²) in [7, 11) is 0. The van der Waals surface area contributed by atoms with Crippen LogP contribution in [0.2, 0.25) is 0 Å². The maximum absolute atomic E-state index is 14.0. The molecule has 0 spiro atoms. The fraction of sp³-hybridized carbons (Fsp3) is 0.190. The topological polar surface area (TPSA) is 77.8 Å². The lowest BCUT2D eigenvalue weighted by molar-refractivity contribution is -0.151. The molecule has 0 bridgehead atoms. The second kappa shape index (κ2) is 16.4. The van der Waals surface area contributed by atoms with Crippen LogP contribution < -0.4 is 15.5 Å². The normalized spacial score (nSPS) is 11.8. The standard InChI is InChI=1S/C42H39NO5/c44-37-28-39(32-19-7-2-8-20-32)48-41-36(37)25-15-26-38(41)46-30-35(29-43-27-14-13-18-31-16-5-1-6-17-31)47-42(45)40(33-21-9-3-10-22-33)34-23-11-4-12-24-34/h1-12,15-17,19-26,28,35,40,43H,13-14,18,27,29-30H2. The van der Waals surface area contributed by atoms with Crippen LogP contribution in [0.4, 0.5) is 0 Å². The van der Waals surface area contributed by atoms with Crippen molar-refractivity contribution < 1.29 is 18.7 Å². The van der Waals surface area contributed by atoms with Gasteiger partial charge in [0.2, 0.25) is 0 Å². The molecule has 6 aromatic rings. The average Bonchev–Trinajstić information content (AvgIpc) is 3.13. The number of benzene rings is 5. The summed E-state index contributed by atoms with van der Waals surface area (Å²) in [5.74, 6) is -0.0840. The third-order valence-corrected chi connectivity index (χ3v) is 8.27. The summed E-state index contributed by atoms with van der Waals surface area (Å²) >= 11 is 0. The highest BCUT2D eigenvalue weighted by Crippen LogP contribution is 2.30. The van der Waals surface area contributed by atoms with E-state index in [9.17, 15) is 9.59 Å². The molecule has 0 aliphatic heterocycles. The number of carbonyl (C=O) groups is 1. The van der Waals surface area contributed by atoms with Crippen molar-refractivity contribution in [2.45, 2.75) is 31.3 Å². The molecule has 1 unspecified atom stereocenters. The van der Waals surface area contributed by atoms with E-state index in [-0.39, 0.29) is 18.0 Å². The van der Waals surface area contributed by atoms with E-state index in [1.54, 1.807) is 18.2 Å². The number of esters is 1. The molecule has 5 aromatic carbocycles. The van der Waals surface area contributed by atoms with Gasteiger partial charge in [-0.2, -0.15) is 0 Å². The Kier molecular flexibility index (Phi) is 11.1. The van der Waals surface area contributed by atoms with Gasteiger partial charge < -0.3 is 19.2 Å². The highest BCUT2D eigenvalue weighted by molar-refractivity contribution is 5.84. The Bertz CT molecular complexity index is 1900. The summed E-state index contributed by atoms with van der Waals surface area (Å²) in [6, 6.07) is 46.0. The Hall–Kier alpha value is -5.46. The molecular formula is C42H39NO5. The van der Waals surface area contributed by atoms with Gasteiger partial charge in [-0.15, -0.1) is 0 Å². The van der Waals surface area contributed by atoms with E-state index in [1.165, 1.54) is 11.6 Å². The Labute approximate surface area is 281 Å². The number of hydrogen-bond donors (Lipinski definition) is 1. The lowest BCUT2D eigenvalue weighted by Crippen LogP contribution is -2.37. The highest BCUT2D eigenvalue weighted by Gasteiger charge is 2.27. The van der Waals surface area contributed by atoms with Gasteiger partial charge in [0.15, 0.2) is 16.8 Å². The van der Waals surface area contributed by atoms with E-state index in [0.29, 0.717) is 29.0 Å². The molecule has 48 heavy (non-hydrogen) atoms. The van der Waals surface area contributed by atoms with E-state index in [0.717, 1.165) is 42.5 Å². The van der Waals surface area contributed by atoms with Crippen molar-refractivity contribution in [2.24, 2.45) is 0 Å². The number of ether oxygens (including phenoxy) is 2. The predicted molar refractivity (Wildman–Crippen MR) is 190 cm³/mol. The van der Waals surface area contributed by atoms with Crippen molar-refractivity contribution in [1.82, 2.24) is 5.32 Å². The van der Waals surface area contributed by atoms with Gasteiger partial charge in [0.1, 0.15) is 24.4 Å². The summed E-state index contributed by atoms with van der Waals surface area (Å²) in [6.07, 6.45) is 2.42. The van der Waals surface area contributed by atoms with E-state index < -0.39 is 12.0 Å².